The third-order valence-corrected chi connectivity index (χ3v) is 4.40. The van der Waals surface area contributed by atoms with Crippen LogP contribution in [-0.2, 0) is 6.54 Å². The minimum absolute atomic E-state index is 0.0218. The molecule has 1 aliphatic heterocycles. The lowest BCUT2D eigenvalue weighted by molar-refractivity contribution is 0.185. The lowest BCUT2D eigenvalue weighted by Crippen LogP contribution is -2.41. The highest BCUT2D eigenvalue weighted by molar-refractivity contribution is 5.74. The summed E-state index contributed by atoms with van der Waals surface area (Å²) in [6.07, 6.45) is 8.05. The van der Waals surface area contributed by atoms with Crippen molar-refractivity contribution in [3.63, 3.8) is 0 Å². The Hall–Kier alpha value is -2.57. The number of rotatable bonds is 6. The first-order valence-corrected chi connectivity index (χ1v) is 8.69. The Kier molecular flexibility index (Phi) is 5.53. The molecule has 0 bridgehead atoms. The highest BCUT2D eigenvalue weighted by Crippen LogP contribution is 2.17. The van der Waals surface area contributed by atoms with Gasteiger partial charge < -0.3 is 19.5 Å². The van der Waals surface area contributed by atoms with E-state index < -0.39 is 0 Å². The van der Waals surface area contributed by atoms with Crippen LogP contribution in [0, 0.1) is 12.8 Å². The molecule has 134 valence electrons. The average molecular weight is 343 g/mol. The Morgan fingerprint density at radius 2 is 2.36 bits per heavy atom. The zero-order valence-corrected chi connectivity index (χ0v) is 14.8. The van der Waals surface area contributed by atoms with Gasteiger partial charge in [-0.15, -0.1) is 0 Å². The SMILES string of the molecule is Cc1nccn1C[C@@H](C)CNC(=O)N1CC[C@H](Oc2cccnc2)C1. The van der Waals surface area contributed by atoms with Gasteiger partial charge >= 0.3 is 6.03 Å². The van der Waals surface area contributed by atoms with E-state index in [1.807, 2.05) is 30.2 Å². The Labute approximate surface area is 148 Å². The Morgan fingerprint density at radius 3 is 3.08 bits per heavy atom. The third kappa shape index (κ3) is 4.71. The van der Waals surface area contributed by atoms with Gasteiger partial charge in [0.15, 0.2) is 0 Å². The average Bonchev–Trinajstić information content (AvgIpc) is 3.23. The second-order valence-corrected chi connectivity index (χ2v) is 6.58. The van der Waals surface area contributed by atoms with Gasteiger partial charge in [-0.2, -0.15) is 0 Å². The van der Waals surface area contributed by atoms with Crippen LogP contribution in [0.2, 0.25) is 0 Å². The summed E-state index contributed by atoms with van der Waals surface area (Å²) in [7, 11) is 0. The van der Waals surface area contributed by atoms with Crippen molar-refractivity contribution < 1.29 is 9.53 Å². The Balaban J connectivity index is 1.41. The first kappa shape index (κ1) is 17.3. The number of aryl methyl sites for hydroxylation is 1. The Morgan fingerprint density at radius 1 is 1.48 bits per heavy atom. The number of imidazole rings is 1. The molecule has 1 fully saturated rings. The number of ether oxygens (including phenoxy) is 1. The van der Waals surface area contributed by atoms with Crippen molar-refractivity contribution in [1.82, 2.24) is 24.8 Å². The fourth-order valence-electron chi connectivity index (χ4n) is 2.99. The number of hydrogen-bond donors (Lipinski definition) is 1. The van der Waals surface area contributed by atoms with Gasteiger partial charge in [-0.3, -0.25) is 4.98 Å². The number of likely N-dealkylation sites (tertiary alicyclic amines) is 1. The molecule has 0 aromatic carbocycles. The van der Waals surface area contributed by atoms with E-state index in [2.05, 4.69) is 26.8 Å². The van der Waals surface area contributed by atoms with Crippen LogP contribution in [0.5, 0.6) is 5.75 Å². The molecule has 1 aliphatic rings. The molecule has 3 rings (SSSR count). The van der Waals surface area contributed by atoms with Crippen LogP contribution in [0.25, 0.3) is 0 Å². The summed E-state index contributed by atoms with van der Waals surface area (Å²) in [5.74, 6) is 2.08. The number of amides is 2. The molecule has 1 saturated heterocycles. The predicted molar refractivity (Wildman–Crippen MR) is 94.4 cm³/mol. The van der Waals surface area contributed by atoms with Gasteiger partial charge in [0, 0.05) is 44.6 Å². The smallest absolute Gasteiger partial charge is 0.317 e. The molecule has 0 radical (unpaired) electrons. The van der Waals surface area contributed by atoms with Gasteiger partial charge in [-0.1, -0.05) is 6.92 Å². The summed E-state index contributed by atoms with van der Waals surface area (Å²) in [6.45, 7) is 6.91. The maximum atomic E-state index is 12.3. The second-order valence-electron chi connectivity index (χ2n) is 6.58. The monoisotopic (exact) mass is 343 g/mol. The van der Waals surface area contributed by atoms with Crippen LogP contribution >= 0.6 is 0 Å². The van der Waals surface area contributed by atoms with Gasteiger partial charge in [-0.25, -0.2) is 9.78 Å². The van der Waals surface area contributed by atoms with Gasteiger partial charge in [-0.05, 0) is 25.0 Å². The van der Waals surface area contributed by atoms with Crippen molar-refractivity contribution in [3.05, 3.63) is 42.7 Å². The van der Waals surface area contributed by atoms with Crippen LogP contribution < -0.4 is 10.1 Å². The van der Waals surface area contributed by atoms with Crippen molar-refractivity contribution in [2.75, 3.05) is 19.6 Å². The maximum absolute atomic E-state index is 12.3. The number of carbonyl (C=O) groups is 1. The number of carbonyl (C=O) groups excluding carboxylic acids is 1. The number of aromatic nitrogens is 3. The van der Waals surface area contributed by atoms with Crippen LogP contribution in [0.3, 0.4) is 0 Å². The lowest BCUT2D eigenvalue weighted by Gasteiger charge is -2.20. The summed E-state index contributed by atoms with van der Waals surface area (Å²) in [5, 5.41) is 3.03. The third-order valence-electron chi connectivity index (χ3n) is 4.40. The van der Waals surface area contributed by atoms with Crippen LogP contribution in [0.15, 0.2) is 36.9 Å². The molecule has 0 saturated carbocycles. The molecule has 2 aromatic rings. The molecule has 0 aliphatic carbocycles. The van der Waals surface area contributed by atoms with Crippen LogP contribution in [0.1, 0.15) is 19.2 Å². The minimum Gasteiger partial charge on any atom is -0.487 e. The molecule has 7 nitrogen and oxygen atoms in total. The van der Waals surface area contributed by atoms with Crippen molar-refractivity contribution >= 4 is 6.03 Å². The lowest BCUT2D eigenvalue weighted by atomic mass is 10.2. The molecule has 2 amide bonds. The molecular formula is C18H25N5O2. The van der Waals surface area contributed by atoms with E-state index in [-0.39, 0.29) is 12.1 Å². The minimum atomic E-state index is -0.0218. The van der Waals surface area contributed by atoms with Crippen molar-refractivity contribution in [2.24, 2.45) is 5.92 Å². The molecule has 0 spiro atoms. The van der Waals surface area contributed by atoms with Crippen molar-refractivity contribution in [1.29, 1.82) is 0 Å². The summed E-state index contributed by atoms with van der Waals surface area (Å²) in [5.41, 5.74) is 0. The largest absolute Gasteiger partial charge is 0.487 e. The quantitative estimate of drug-likeness (QED) is 0.872. The zero-order valence-electron chi connectivity index (χ0n) is 14.8. The second kappa shape index (κ2) is 8.00. The predicted octanol–water partition coefficient (Wildman–Crippen LogP) is 2.09. The van der Waals surface area contributed by atoms with E-state index in [1.165, 1.54) is 0 Å². The van der Waals surface area contributed by atoms with Gasteiger partial charge in [0.2, 0.25) is 0 Å². The molecule has 2 aromatic heterocycles. The molecular weight excluding hydrogens is 318 g/mol. The number of urea groups is 1. The molecule has 3 heterocycles. The van der Waals surface area contributed by atoms with Crippen molar-refractivity contribution in [3.8, 4) is 5.75 Å². The molecule has 1 N–H and O–H groups in total. The highest BCUT2D eigenvalue weighted by Gasteiger charge is 2.27. The van der Waals surface area contributed by atoms with Gasteiger partial charge in [0.1, 0.15) is 17.7 Å². The number of hydrogen-bond acceptors (Lipinski definition) is 4. The fraction of sp³-hybridized carbons (Fsp3) is 0.500. The molecule has 0 unspecified atom stereocenters. The molecule has 25 heavy (non-hydrogen) atoms. The maximum Gasteiger partial charge on any atom is 0.317 e. The van der Waals surface area contributed by atoms with E-state index in [4.69, 9.17) is 4.74 Å². The summed E-state index contributed by atoms with van der Waals surface area (Å²) in [6, 6.07) is 3.71. The summed E-state index contributed by atoms with van der Waals surface area (Å²) >= 11 is 0. The molecule has 7 heteroatoms. The topological polar surface area (TPSA) is 72.3 Å². The first-order chi connectivity index (χ1) is 12.1. The standard InChI is InChI=1S/C18H25N5O2/c1-14(12-22-9-7-20-15(22)2)10-21-18(24)23-8-5-17(13-23)25-16-4-3-6-19-11-16/h3-4,6-7,9,11,14,17H,5,8,10,12-13H2,1-2H3,(H,21,24)/t14-,17-/m0/s1. The summed E-state index contributed by atoms with van der Waals surface area (Å²) < 4.78 is 7.97. The van der Waals surface area contributed by atoms with E-state index in [0.29, 0.717) is 25.6 Å². The fourth-order valence-corrected chi connectivity index (χ4v) is 2.99. The van der Waals surface area contributed by atoms with E-state index in [9.17, 15) is 4.79 Å². The van der Waals surface area contributed by atoms with Crippen LogP contribution in [-0.4, -0.2) is 51.2 Å². The summed E-state index contributed by atoms with van der Waals surface area (Å²) in [4.78, 5) is 22.4. The van der Waals surface area contributed by atoms with E-state index >= 15 is 0 Å². The van der Waals surface area contributed by atoms with E-state index in [1.54, 1.807) is 18.6 Å². The Bertz CT molecular complexity index is 688. The first-order valence-electron chi connectivity index (χ1n) is 8.69. The number of nitrogens with zero attached hydrogens (tertiary/aromatic N) is 4. The zero-order chi connectivity index (χ0) is 17.6. The van der Waals surface area contributed by atoms with Gasteiger partial charge in [0.25, 0.3) is 0 Å². The number of pyridine rings is 1. The van der Waals surface area contributed by atoms with Crippen molar-refractivity contribution in [2.45, 2.75) is 32.9 Å². The normalized spacial score (nSPS) is 18.2. The van der Waals surface area contributed by atoms with E-state index in [0.717, 1.165) is 24.5 Å². The van der Waals surface area contributed by atoms with Gasteiger partial charge in [0.05, 0.1) is 12.7 Å². The van der Waals surface area contributed by atoms with Crippen LogP contribution in [0.4, 0.5) is 4.79 Å². The number of nitrogens with one attached hydrogen (secondary N) is 1. The molecule has 2 atom stereocenters. The highest BCUT2D eigenvalue weighted by atomic mass is 16.5.